The standard InChI is InChI=1S/C21H29N3O7/c1-6-8-30-19-15(24(27)28)9-14(10-16(19)29-7-2)18-17(13(5)22-21(26)23-18)20(25)31-11-12(3)4/h9-10,12,18H,6-8,11H2,1-5H3,(H2,22,23,26). The van der Waals surface area contributed by atoms with E-state index >= 15 is 0 Å². The Kier molecular flexibility index (Phi) is 8.23. The molecule has 170 valence electrons. The molecule has 0 radical (unpaired) electrons. The summed E-state index contributed by atoms with van der Waals surface area (Å²) in [6.45, 7) is 9.73. The molecule has 0 bridgehead atoms. The van der Waals surface area contributed by atoms with Crippen LogP contribution in [0.15, 0.2) is 23.4 Å². The maximum atomic E-state index is 12.8. The van der Waals surface area contributed by atoms with E-state index in [1.807, 2.05) is 20.8 Å². The van der Waals surface area contributed by atoms with Crippen LogP contribution < -0.4 is 20.1 Å². The predicted molar refractivity (Wildman–Crippen MR) is 113 cm³/mol. The Morgan fingerprint density at radius 1 is 1.26 bits per heavy atom. The summed E-state index contributed by atoms with van der Waals surface area (Å²) in [7, 11) is 0. The molecule has 0 saturated heterocycles. The second kappa shape index (κ2) is 10.6. The van der Waals surface area contributed by atoms with Gasteiger partial charge in [-0.3, -0.25) is 10.1 Å². The van der Waals surface area contributed by atoms with Crippen LogP contribution in [-0.2, 0) is 9.53 Å². The zero-order chi connectivity index (χ0) is 23.1. The third-order valence-corrected chi connectivity index (χ3v) is 4.37. The third-order valence-electron chi connectivity index (χ3n) is 4.37. The molecular weight excluding hydrogens is 406 g/mol. The molecule has 1 unspecified atom stereocenters. The minimum absolute atomic E-state index is 0.0161. The van der Waals surface area contributed by atoms with Gasteiger partial charge in [0.25, 0.3) is 0 Å². The maximum Gasteiger partial charge on any atom is 0.338 e. The van der Waals surface area contributed by atoms with E-state index in [0.29, 0.717) is 17.7 Å². The zero-order valence-electron chi connectivity index (χ0n) is 18.4. The molecule has 0 aromatic heterocycles. The van der Waals surface area contributed by atoms with Crippen LogP contribution in [0.5, 0.6) is 11.5 Å². The third kappa shape index (κ3) is 5.87. The molecule has 0 saturated carbocycles. The number of esters is 1. The predicted octanol–water partition coefficient (Wildman–Crippen LogP) is 3.61. The van der Waals surface area contributed by atoms with Crippen molar-refractivity contribution in [2.24, 2.45) is 5.92 Å². The monoisotopic (exact) mass is 435 g/mol. The Morgan fingerprint density at radius 2 is 1.97 bits per heavy atom. The van der Waals surface area contributed by atoms with E-state index in [1.54, 1.807) is 19.9 Å². The Hall–Kier alpha value is -3.30. The van der Waals surface area contributed by atoms with E-state index in [-0.39, 0.29) is 48.5 Å². The smallest absolute Gasteiger partial charge is 0.338 e. The molecule has 1 heterocycles. The average Bonchev–Trinajstić information content (AvgIpc) is 2.70. The highest BCUT2D eigenvalue weighted by atomic mass is 16.6. The number of amides is 2. The molecule has 1 atom stereocenters. The molecule has 2 rings (SSSR count). The van der Waals surface area contributed by atoms with E-state index in [4.69, 9.17) is 14.2 Å². The van der Waals surface area contributed by atoms with Gasteiger partial charge in [0, 0.05) is 11.8 Å². The van der Waals surface area contributed by atoms with Crippen molar-refractivity contribution in [3.63, 3.8) is 0 Å². The molecule has 1 aromatic carbocycles. The summed E-state index contributed by atoms with van der Waals surface area (Å²) in [5.74, 6) is -0.312. The Labute approximate surface area is 181 Å². The van der Waals surface area contributed by atoms with Crippen molar-refractivity contribution in [2.75, 3.05) is 19.8 Å². The van der Waals surface area contributed by atoms with E-state index in [9.17, 15) is 19.7 Å². The summed E-state index contributed by atoms with van der Waals surface area (Å²) in [4.78, 5) is 36.1. The number of hydrogen-bond donors (Lipinski definition) is 2. The van der Waals surface area contributed by atoms with Crippen LogP contribution in [0, 0.1) is 16.0 Å². The van der Waals surface area contributed by atoms with Gasteiger partial charge in [-0.25, -0.2) is 9.59 Å². The number of nitrogens with one attached hydrogen (secondary N) is 2. The number of rotatable bonds is 10. The average molecular weight is 435 g/mol. The van der Waals surface area contributed by atoms with Crippen LogP contribution in [0.2, 0.25) is 0 Å². The minimum atomic E-state index is -0.952. The lowest BCUT2D eigenvalue weighted by Gasteiger charge is -2.28. The van der Waals surface area contributed by atoms with Crippen molar-refractivity contribution in [1.29, 1.82) is 0 Å². The van der Waals surface area contributed by atoms with Gasteiger partial charge in [-0.2, -0.15) is 0 Å². The zero-order valence-corrected chi connectivity index (χ0v) is 18.4. The van der Waals surface area contributed by atoms with Gasteiger partial charge in [-0.1, -0.05) is 20.8 Å². The van der Waals surface area contributed by atoms with Crippen LogP contribution in [0.3, 0.4) is 0 Å². The summed E-state index contributed by atoms with van der Waals surface area (Å²) in [5.41, 5.74) is 0.480. The summed E-state index contributed by atoms with van der Waals surface area (Å²) in [6, 6.07) is 1.34. The molecule has 2 amide bonds. The van der Waals surface area contributed by atoms with E-state index in [1.165, 1.54) is 6.07 Å². The molecule has 1 aliphatic rings. The van der Waals surface area contributed by atoms with Crippen molar-refractivity contribution in [1.82, 2.24) is 10.6 Å². The number of nitro groups is 1. The molecule has 10 heteroatoms. The fourth-order valence-electron chi connectivity index (χ4n) is 3.06. The van der Waals surface area contributed by atoms with Crippen LogP contribution in [0.25, 0.3) is 0 Å². The van der Waals surface area contributed by atoms with Gasteiger partial charge in [-0.15, -0.1) is 0 Å². The molecule has 0 aliphatic carbocycles. The van der Waals surface area contributed by atoms with Gasteiger partial charge in [0.1, 0.15) is 0 Å². The van der Waals surface area contributed by atoms with Crippen LogP contribution in [0.1, 0.15) is 52.6 Å². The van der Waals surface area contributed by atoms with Crippen LogP contribution in [-0.4, -0.2) is 36.7 Å². The molecule has 2 N–H and O–H groups in total. The van der Waals surface area contributed by atoms with Gasteiger partial charge in [0.05, 0.1) is 36.4 Å². The van der Waals surface area contributed by atoms with Crippen molar-refractivity contribution in [2.45, 2.75) is 47.1 Å². The number of carbonyl (C=O) groups is 2. The second-order valence-electron chi connectivity index (χ2n) is 7.47. The van der Waals surface area contributed by atoms with Crippen molar-refractivity contribution in [3.8, 4) is 11.5 Å². The molecular formula is C21H29N3O7. The Morgan fingerprint density at radius 3 is 2.55 bits per heavy atom. The summed E-state index contributed by atoms with van der Waals surface area (Å²) < 4.78 is 16.5. The SMILES string of the molecule is CCCOc1c(OCC)cc(C2NC(=O)NC(C)=C2C(=O)OCC(C)C)cc1[N+](=O)[O-]. The van der Waals surface area contributed by atoms with E-state index in [2.05, 4.69) is 10.6 Å². The van der Waals surface area contributed by atoms with Gasteiger partial charge >= 0.3 is 17.7 Å². The van der Waals surface area contributed by atoms with Crippen molar-refractivity contribution < 1.29 is 28.7 Å². The number of hydrogen-bond acceptors (Lipinski definition) is 7. The molecule has 1 aromatic rings. The normalized spacial score (nSPS) is 15.9. The number of nitro benzene ring substituents is 1. The van der Waals surface area contributed by atoms with Crippen LogP contribution >= 0.6 is 0 Å². The highest BCUT2D eigenvalue weighted by molar-refractivity contribution is 5.95. The first-order valence-electron chi connectivity index (χ1n) is 10.2. The quantitative estimate of drug-likeness (QED) is 0.326. The minimum Gasteiger partial charge on any atom is -0.490 e. The molecule has 31 heavy (non-hydrogen) atoms. The fraction of sp³-hybridized carbons (Fsp3) is 0.524. The van der Waals surface area contributed by atoms with Gasteiger partial charge in [-0.05, 0) is 37.8 Å². The Balaban J connectivity index is 2.59. The first-order chi connectivity index (χ1) is 14.7. The van der Waals surface area contributed by atoms with Crippen molar-refractivity contribution in [3.05, 3.63) is 39.1 Å². The van der Waals surface area contributed by atoms with E-state index in [0.717, 1.165) is 0 Å². The van der Waals surface area contributed by atoms with Gasteiger partial charge in [0.2, 0.25) is 5.75 Å². The lowest BCUT2D eigenvalue weighted by atomic mass is 9.94. The molecule has 10 nitrogen and oxygen atoms in total. The highest BCUT2D eigenvalue weighted by Crippen LogP contribution is 2.42. The topological polar surface area (TPSA) is 129 Å². The second-order valence-corrected chi connectivity index (χ2v) is 7.47. The fourth-order valence-corrected chi connectivity index (χ4v) is 3.06. The van der Waals surface area contributed by atoms with E-state index < -0.39 is 23.0 Å². The summed E-state index contributed by atoms with van der Waals surface area (Å²) in [6.07, 6.45) is 0.655. The highest BCUT2D eigenvalue weighted by Gasteiger charge is 2.35. The first kappa shape index (κ1) is 24.0. The molecule has 0 spiro atoms. The van der Waals surface area contributed by atoms with Gasteiger partial charge in [0.15, 0.2) is 5.75 Å². The summed E-state index contributed by atoms with van der Waals surface area (Å²) in [5, 5.41) is 17.0. The lowest BCUT2D eigenvalue weighted by molar-refractivity contribution is -0.386. The van der Waals surface area contributed by atoms with Gasteiger partial charge < -0.3 is 24.8 Å². The number of nitrogens with zero attached hydrogens (tertiary/aromatic N) is 1. The number of carbonyl (C=O) groups excluding carboxylic acids is 2. The first-order valence-corrected chi connectivity index (χ1v) is 10.2. The van der Waals surface area contributed by atoms with Crippen molar-refractivity contribution >= 4 is 17.7 Å². The summed E-state index contributed by atoms with van der Waals surface area (Å²) >= 11 is 0. The number of urea groups is 1. The Bertz CT molecular complexity index is 880. The van der Waals surface area contributed by atoms with Crippen LogP contribution in [0.4, 0.5) is 10.5 Å². The number of allylic oxidation sites excluding steroid dienone is 1. The number of benzene rings is 1. The molecule has 0 fully saturated rings. The number of ether oxygens (including phenoxy) is 3. The largest absolute Gasteiger partial charge is 0.490 e. The lowest BCUT2D eigenvalue weighted by Crippen LogP contribution is -2.45. The maximum absolute atomic E-state index is 12.8. The molecule has 1 aliphatic heterocycles.